The average molecular weight is 363 g/mol. The van der Waals surface area contributed by atoms with Crippen molar-refractivity contribution in [2.75, 3.05) is 5.32 Å². The number of halogens is 3. The van der Waals surface area contributed by atoms with Crippen LogP contribution in [0, 0.1) is 0 Å². The normalized spacial score (nSPS) is 11.3. The first-order valence-electron chi connectivity index (χ1n) is 7.38. The lowest BCUT2D eigenvalue weighted by Gasteiger charge is -2.10. The highest BCUT2D eigenvalue weighted by molar-refractivity contribution is 5.90. The molecule has 0 aliphatic heterocycles. The van der Waals surface area contributed by atoms with Crippen LogP contribution in [0.25, 0.3) is 5.82 Å². The number of carbonyl (C=O) groups is 1. The quantitative estimate of drug-likeness (QED) is 0.770. The molecule has 0 aliphatic carbocycles. The zero-order chi connectivity index (χ0) is 18.7. The lowest BCUT2D eigenvalue weighted by atomic mass is 10.2. The first-order chi connectivity index (χ1) is 12.3. The molecule has 26 heavy (non-hydrogen) atoms. The van der Waals surface area contributed by atoms with Gasteiger partial charge in [0, 0.05) is 24.1 Å². The number of anilines is 1. The van der Waals surface area contributed by atoms with E-state index < -0.39 is 29.8 Å². The Morgan fingerprint density at radius 2 is 1.85 bits per heavy atom. The van der Waals surface area contributed by atoms with Crippen molar-refractivity contribution in [3.8, 4) is 5.82 Å². The Balaban J connectivity index is 1.72. The van der Waals surface area contributed by atoms with Crippen molar-refractivity contribution in [1.82, 2.24) is 19.6 Å². The van der Waals surface area contributed by atoms with Crippen molar-refractivity contribution in [1.29, 1.82) is 0 Å². The summed E-state index contributed by atoms with van der Waals surface area (Å²) in [7, 11) is 0. The molecule has 2 heterocycles. The molecule has 1 amide bonds. The maximum atomic E-state index is 12.5. The molecule has 1 aromatic carbocycles. The van der Waals surface area contributed by atoms with E-state index >= 15 is 0 Å². The SMILES string of the molecule is O=C(Cn1nc(-n2cccn2)ccc1=O)Nc1ccc(C(F)(F)F)cc1. The Morgan fingerprint density at radius 1 is 1.12 bits per heavy atom. The van der Waals surface area contributed by atoms with Gasteiger partial charge >= 0.3 is 6.18 Å². The minimum atomic E-state index is -4.45. The number of rotatable bonds is 4. The van der Waals surface area contributed by atoms with Crippen LogP contribution in [0.15, 0.2) is 59.7 Å². The smallest absolute Gasteiger partial charge is 0.324 e. The summed E-state index contributed by atoms with van der Waals surface area (Å²) in [6, 6.07) is 8.37. The van der Waals surface area contributed by atoms with Crippen molar-refractivity contribution in [3.05, 3.63) is 70.8 Å². The predicted molar refractivity (Wildman–Crippen MR) is 85.7 cm³/mol. The van der Waals surface area contributed by atoms with Gasteiger partial charge in [0.15, 0.2) is 5.82 Å². The van der Waals surface area contributed by atoms with Crippen LogP contribution in [0.3, 0.4) is 0 Å². The second-order valence-corrected chi connectivity index (χ2v) is 5.26. The van der Waals surface area contributed by atoms with Crippen LogP contribution in [-0.4, -0.2) is 25.5 Å². The molecule has 0 spiro atoms. The van der Waals surface area contributed by atoms with Gasteiger partial charge in [-0.25, -0.2) is 9.36 Å². The van der Waals surface area contributed by atoms with Gasteiger partial charge in [0.1, 0.15) is 6.54 Å². The minimum Gasteiger partial charge on any atom is -0.324 e. The maximum absolute atomic E-state index is 12.5. The van der Waals surface area contributed by atoms with Gasteiger partial charge in [-0.3, -0.25) is 9.59 Å². The number of hydrogen-bond acceptors (Lipinski definition) is 4. The molecular weight excluding hydrogens is 351 g/mol. The number of aromatic nitrogens is 4. The average Bonchev–Trinajstić information content (AvgIpc) is 3.11. The van der Waals surface area contributed by atoms with Crippen LogP contribution in [0.1, 0.15) is 5.56 Å². The molecule has 0 saturated heterocycles. The fourth-order valence-electron chi connectivity index (χ4n) is 2.16. The largest absolute Gasteiger partial charge is 0.416 e. The van der Waals surface area contributed by atoms with Crippen molar-refractivity contribution in [2.45, 2.75) is 12.7 Å². The van der Waals surface area contributed by atoms with E-state index in [0.717, 1.165) is 28.9 Å². The summed E-state index contributed by atoms with van der Waals surface area (Å²) in [5.41, 5.74) is -1.14. The van der Waals surface area contributed by atoms with E-state index in [-0.39, 0.29) is 5.69 Å². The zero-order valence-electron chi connectivity index (χ0n) is 13.1. The van der Waals surface area contributed by atoms with Gasteiger partial charge in [0.25, 0.3) is 5.56 Å². The summed E-state index contributed by atoms with van der Waals surface area (Å²) in [6.07, 6.45) is -1.29. The Bertz CT molecular complexity index is 963. The molecule has 0 atom stereocenters. The number of nitrogens with zero attached hydrogens (tertiary/aromatic N) is 4. The number of amides is 1. The van der Waals surface area contributed by atoms with Gasteiger partial charge in [-0.2, -0.15) is 18.3 Å². The second-order valence-electron chi connectivity index (χ2n) is 5.26. The van der Waals surface area contributed by atoms with Gasteiger partial charge in [-0.15, -0.1) is 5.10 Å². The highest BCUT2D eigenvalue weighted by Crippen LogP contribution is 2.29. The molecule has 7 nitrogen and oxygen atoms in total. The first-order valence-corrected chi connectivity index (χ1v) is 7.38. The summed E-state index contributed by atoms with van der Waals surface area (Å²) < 4.78 is 39.9. The Morgan fingerprint density at radius 3 is 2.46 bits per heavy atom. The third-order valence-electron chi connectivity index (χ3n) is 3.38. The third-order valence-corrected chi connectivity index (χ3v) is 3.38. The van der Waals surface area contributed by atoms with E-state index in [4.69, 9.17) is 0 Å². The molecule has 134 valence electrons. The number of alkyl halides is 3. The summed E-state index contributed by atoms with van der Waals surface area (Å²) in [5, 5.41) is 10.4. The number of carbonyl (C=O) groups excluding carboxylic acids is 1. The molecule has 0 radical (unpaired) electrons. The molecule has 0 fully saturated rings. The summed E-state index contributed by atoms with van der Waals surface area (Å²) in [4.78, 5) is 23.9. The van der Waals surface area contributed by atoms with Crippen LogP contribution in [-0.2, 0) is 17.5 Å². The van der Waals surface area contributed by atoms with E-state index in [9.17, 15) is 22.8 Å². The van der Waals surface area contributed by atoms with Crippen molar-refractivity contribution in [2.24, 2.45) is 0 Å². The van der Waals surface area contributed by atoms with Gasteiger partial charge in [-0.1, -0.05) is 0 Å². The molecule has 0 aliphatic rings. The third kappa shape index (κ3) is 3.97. The standard InChI is InChI=1S/C16H12F3N5O2/c17-16(18,19)11-2-4-12(5-3-11)21-14(25)10-24-15(26)7-6-13(22-24)23-9-1-8-20-23/h1-9H,10H2,(H,21,25). The van der Waals surface area contributed by atoms with Crippen LogP contribution in [0.4, 0.5) is 18.9 Å². The molecule has 10 heteroatoms. The van der Waals surface area contributed by atoms with Crippen molar-refractivity contribution in [3.63, 3.8) is 0 Å². The van der Waals surface area contributed by atoms with Gasteiger partial charge in [0.05, 0.1) is 5.56 Å². The van der Waals surface area contributed by atoms with Crippen LogP contribution in [0.2, 0.25) is 0 Å². The topological polar surface area (TPSA) is 81.8 Å². The van der Waals surface area contributed by atoms with E-state index in [1.165, 1.54) is 23.0 Å². The fraction of sp³-hybridized carbons (Fsp3) is 0.125. The Hall–Kier alpha value is -3.43. The van der Waals surface area contributed by atoms with Gasteiger partial charge in [-0.05, 0) is 36.4 Å². The molecule has 0 bridgehead atoms. The van der Waals surface area contributed by atoms with E-state index in [0.29, 0.717) is 5.82 Å². The van der Waals surface area contributed by atoms with E-state index in [1.807, 2.05) is 0 Å². The van der Waals surface area contributed by atoms with Gasteiger partial charge in [0.2, 0.25) is 5.91 Å². The van der Waals surface area contributed by atoms with Crippen LogP contribution >= 0.6 is 0 Å². The van der Waals surface area contributed by atoms with Crippen LogP contribution in [0.5, 0.6) is 0 Å². The fourth-order valence-corrected chi connectivity index (χ4v) is 2.16. The molecule has 3 rings (SSSR count). The number of benzene rings is 1. The van der Waals surface area contributed by atoms with E-state index in [1.54, 1.807) is 12.3 Å². The molecule has 2 aromatic heterocycles. The summed E-state index contributed by atoms with van der Waals surface area (Å²) in [5.74, 6) is -0.256. The zero-order valence-corrected chi connectivity index (χ0v) is 13.1. The minimum absolute atomic E-state index is 0.180. The Kier molecular flexibility index (Phi) is 4.57. The lowest BCUT2D eigenvalue weighted by molar-refractivity contribution is -0.137. The molecule has 0 unspecified atom stereocenters. The first kappa shape index (κ1) is 17.4. The molecule has 0 saturated carbocycles. The summed E-state index contributed by atoms with van der Waals surface area (Å²) >= 11 is 0. The molecular formula is C16H12F3N5O2. The highest BCUT2D eigenvalue weighted by atomic mass is 19.4. The highest BCUT2D eigenvalue weighted by Gasteiger charge is 2.29. The number of hydrogen-bond donors (Lipinski definition) is 1. The van der Waals surface area contributed by atoms with Crippen molar-refractivity contribution < 1.29 is 18.0 Å². The number of nitrogens with one attached hydrogen (secondary N) is 1. The molecule has 1 N–H and O–H groups in total. The lowest BCUT2D eigenvalue weighted by Crippen LogP contribution is -2.30. The van der Waals surface area contributed by atoms with Crippen molar-refractivity contribution >= 4 is 11.6 Å². The predicted octanol–water partition coefficient (Wildman–Crippen LogP) is 2.09. The Labute approximate surface area is 144 Å². The molecule has 3 aromatic rings. The second kappa shape index (κ2) is 6.82. The monoisotopic (exact) mass is 363 g/mol. The van der Waals surface area contributed by atoms with Crippen LogP contribution < -0.4 is 10.9 Å². The summed E-state index contributed by atoms with van der Waals surface area (Å²) in [6.45, 7) is -0.394. The van der Waals surface area contributed by atoms with Gasteiger partial charge < -0.3 is 5.32 Å². The maximum Gasteiger partial charge on any atom is 0.416 e. The van der Waals surface area contributed by atoms with E-state index in [2.05, 4.69) is 15.5 Å².